The Morgan fingerprint density at radius 3 is 2.74 bits per heavy atom. The summed E-state index contributed by atoms with van der Waals surface area (Å²) >= 11 is 0. The summed E-state index contributed by atoms with van der Waals surface area (Å²) in [6.45, 7) is 9.96. The summed E-state index contributed by atoms with van der Waals surface area (Å²) in [6.07, 6.45) is 2.85. The minimum atomic E-state index is 0.362. The van der Waals surface area contributed by atoms with Crippen molar-refractivity contribution in [1.29, 1.82) is 0 Å². The monoisotopic (exact) mass is 261 g/mol. The SMILES string of the molecule is CCn1nc(C)c(-c2cnc(C(C)CCN)[nH]2)c1C. The Labute approximate surface area is 114 Å². The fourth-order valence-electron chi connectivity index (χ4n) is 2.50. The van der Waals surface area contributed by atoms with Crippen molar-refractivity contribution in [2.24, 2.45) is 5.73 Å². The largest absolute Gasteiger partial charge is 0.342 e. The Balaban J connectivity index is 2.35. The van der Waals surface area contributed by atoms with E-state index in [1.807, 2.05) is 17.8 Å². The normalized spacial score (nSPS) is 12.9. The molecule has 19 heavy (non-hydrogen) atoms. The quantitative estimate of drug-likeness (QED) is 0.867. The minimum Gasteiger partial charge on any atom is -0.342 e. The molecule has 0 spiro atoms. The number of rotatable bonds is 5. The van der Waals surface area contributed by atoms with E-state index >= 15 is 0 Å². The van der Waals surface area contributed by atoms with Gasteiger partial charge >= 0.3 is 0 Å². The van der Waals surface area contributed by atoms with E-state index in [1.54, 1.807) is 0 Å². The highest BCUT2D eigenvalue weighted by molar-refractivity contribution is 5.64. The molecule has 0 fully saturated rings. The van der Waals surface area contributed by atoms with Crippen LogP contribution in [-0.2, 0) is 6.54 Å². The number of nitrogens with one attached hydrogen (secondary N) is 1. The van der Waals surface area contributed by atoms with Gasteiger partial charge in [-0.05, 0) is 33.7 Å². The van der Waals surface area contributed by atoms with Crippen LogP contribution in [0.3, 0.4) is 0 Å². The number of nitrogens with two attached hydrogens (primary N) is 1. The number of aromatic amines is 1. The molecule has 104 valence electrons. The summed E-state index contributed by atoms with van der Waals surface area (Å²) in [5, 5.41) is 4.54. The summed E-state index contributed by atoms with van der Waals surface area (Å²) < 4.78 is 2.02. The molecular weight excluding hydrogens is 238 g/mol. The maximum Gasteiger partial charge on any atom is 0.109 e. The van der Waals surface area contributed by atoms with Gasteiger partial charge in [0.25, 0.3) is 0 Å². The van der Waals surface area contributed by atoms with E-state index in [1.165, 1.54) is 11.3 Å². The summed E-state index contributed by atoms with van der Waals surface area (Å²) in [5.74, 6) is 1.36. The number of aryl methyl sites for hydroxylation is 2. The van der Waals surface area contributed by atoms with Gasteiger partial charge in [0.05, 0.1) is 17.6 Å². The summed E-state index contributed by atoms with van der Waals surface area (Å²) in [7, 11) is 0. The van der Waals surface area contributed by atoms with E-state index in [-0.39, 0.29) is 0 Å². The molecule has 1 unspecified atom stereocenters. The number of hydrogen-bond acceptors (Lipinski definition) is 3. The Morgan fingerprint density at radius 1 is 1.42 bits per heavy atom. The Morgan fingerprint density at radius 2 is 2.16 bits per heavy atom. The van der Waals surface area contributed by atoms with Crippen molar-refractivity contribution in [3.05, 3.63) is 23.4 Å². The molecule has 2 rings (SSSR count). The Hall–Kier alpha value is -1.62. The van der Waals surface area contributed by atoms with E-state index < -0.39 is 0 Å². The predicted octanol–water partition coefficient (Wildman–Crippen LogP) is 2.36. The number of nitrogens with zero attached hydrogens (tertiary/aromatic N) is 3. The van der Waals surface area contributed by atoms with Crippen molar-refractivity contribution in [3.8, 4) is 11.3 Å². The highest BCUT2D eigenvalue weighted by Gasteiger charge is 2.16. The maximum absolute atomic E-state index is 5.60. The third-order valence-corrected chi connectivity index (χ3v) is 3.61. The van der Waals surface area contributed by atoms with E-state index in [0.29, 0.717) is 12.5 Å². The smallest absolute Gasteiger partial charge is 0.109 e. The second-order valence-electron chi connectivity index (χ2n) is 5.02. The van der Waals surface area contributed by atoms with Crippen molar-refractivity contribution in [2.75, 3.05) is 6.54 Å². The topological polar surface area (TPSA) is 72.5 Å². The van der Waals surface area contributed by atoms with Crippen LogP contribution in [-0.4, -0.2) is 26.3 Å². The number of aromatic nitrogens is 4. The van der Waals surface area contributed by atoms with Gasteiger partial charge in [0.1, 0.15) is 5.82 Å². The van der Waals surface area contributed by atoms with E-state index in [9.17, 15) is 0 Å². The van der Waals surface area contributed by atoms with Crippen LogP contribution in [0.5, 0.6) is 0 Å². The first-order valence-corrected chi connectivity index (χ1v) is 6.87. The third-order valence-electron chi connectivity index (χ3n) is 3.61. The standard InChI is InChI=1S/C14H23N5/c1-5-19-11(4)13(10(3)18-19)12-8-16-14(17-12)9(2)6-7-15/h8-9H,5-7,15H2,1-4H3,(H,16,17). The molecule has 1 atom stereocenters. The minimum absolute atomic E-state index is 0.362. The molecule has 0 radical (unpaired) electrons. The van der Waals surface area contributed by atoms with Gasteiger partial charge in [-0.1, -0.05) is 6.92 Å². The average Bonchev–Trinajstić information content (AvgIpc) is 2.94. The van der Waals surface area contributed by atoms with Gasteiger partial charge in [0, 0.05) is 23.7 Å². The molecule has 0 aliphatic heterocycles. The summed E-state index contributed by atoms with van der Waals surface area (Å²) in [4.78, 5) is 7.89. The van der Waals surface area contributed by atoms with Gasteiger partial charge < -0.3 is 10.7 Å². The van der Waals surface area contributed by atoms with Crippen LogP contribution in [0.4, 0.5) is 0 Å². The van der Waals surface area contributed by atoms with Crippen LogP contribution in [0.1, 0.15) is 43.4 Å². The van der Waals surface area contributed by atoms with Crippen molar-refractivity contribution < 1.29 is 0 Å². The van der Waals surface area contributed by atoms with Crippen LogP contribution in [0.2, 0.25) is 0 Å². The van der Waals surface area contributed by atoms with Gasteiger partial charge in [0.2, 0.25) is 0 Å². The summed E-state index contributed by atoms with van der Waals surface area (Å²) in [6, 6.07) is 0. The van der Waals surface area contributed by atoms with Crippen molar-refractivity contribution in [3.63, 3.8) is 0 Å². The molecule has 5 heteroatoms. The van der Waals surface area contributed by atoms with Gasteiger partial charge in [0.15, 0.2) is 0 Å². The average molecular weight is 261 g/mol. The molecule has 5 nitrogen and oxygen atoms in total. The number of hydrogen-bond donors (Lipinski definition) is 2. The molecule has 0 saturated heterocycles. The first-order valence-electron chi connectivity index (χ1n) is 6.87. The van der Waals surface area contributed by atoms with Gasteiger partial charge in [-0.25, -0.2) is 4.98 Å². The second kappa shape index (κ2) is 5.57. The molecule has 0 aromatic carbocycles. The molecule has 0 aliphatic rings. The zero-order chi connectivity index (χ0) is 14.0. The molecule has 0 aliphatic carbocycles. The van der Waals surface area contributed by atoms with Crippen molar-refractivity contribution in [1.82, 2.24) is 19.7 Å². The molecular formula is C14H23N5. The van der Waals surface area contributed by atoms with E-state index in [0.717, 1.165) is 30.2 Å². The lowest BCUT2D eigenvalue weighted by molar-refractivity contribution is 0.634. The first-order chi connectivity index (χ1) is 9.08. The van der Waals surface area contributed by atoms with Gasteiger partial charge in [-0.3, -0.25) is 4.68 Å². The van der Waals surface area contributed by atoms with E-state index in [4.69, 9.17) is 5.73 Å². The lowest BCUT2D eigenvalue weighted by atomic mass is 10.1. The van der Waals surface area contributed by atoms with Gasteiger partial charge in [-0.2, -0.15) is 5.10 Å². The lowest BCUT2D eigenvalue weighted by Crippen LogP contribution is -2.05. The summed E-state index contributed by atoms with van der Waals surface area (Å²) in [5.41, 5.74) is 10.0. The number of imidazole rings is 1. The zero-order valence-electron chi connectivity index (χ0n) is 12.2. The van der Waals surface area contributed by atoms with Crippen LogP contribution in [0.15, 0.2) is 6.20 Å². The highest BCUT2D eigenvalue weighted by atomic mass is 15.3. The maximum atomic E-state index is 5.60. The molecule has 2 heterocycles. The van der Waals surface area contributed by atoms with Gasteiger partial charge in [-0.15, -0.1) is 0 Å². The van der Waals surface area contributed by atoms with Crippen molar-refractivity contribution >= 4 is 0 Å². The molecule has 0 saturated carbocycles. The molecule has 0 amide bonds. The van der Waals surface area contributed by atoms with E-state index in [2.05, 4.69) is 35.8 Å². The fraction of sp³-hybridized carbons (Fsp3) is 0.571. The predicted molar refractivity (Wildman–Crippen MR) is 77.0 cm³/mol. The molecule has 0 bridgehead atoms. The molecule has 3 N–H and O–H groups in total. The zero-order valence-corrected chi connectivity index (χ0v) is 12.2. The third kappa shape index (κ3) is 2.56. The van der Waals surface area contributed by atoms with Crippen LogP contribution >= 0.6 is 0 Å². The molecule has 2 aromatic heterocycles. The lowest BCUT2D eigenvalue weighted by Gasteiger charge is -2.05. The van der Waals surface area contributed by atoms with Crippen molar-refractivity contribution in [2.45, 2.75) is 46.6 Å². The van der Waals surface area contributed by atoms with Crippen LogP contribution in [0, 0.1) is 13.8 Å². The second-order valence-corrected chi connectivity index (χ2v) is 5.02. The molecule has 2 aromatic rings. The highest BCUT2D eigenvalue weighted by Crippen LogP contribution is 2.27. The first kappa shape index (κ1) is 13.8. The Bertz CT molecular complexity index is 552. The van der Waals surface area contributed by atoms with Crippen LogP contribution in [0.25, 0.3) is 11.3 Å². The number of H-pyrrole nitrogens is 1. The Kier molecular flexibility index (Phi) is 4.04. The fourth-order valence-corrected chi connectivity index (χ4v) is 2.50. The van der Waals surface area contributed by atoms with Crippen LogP contribution < -0.4 is 5.73 Å².